The summed E-state index contributed by atoms with van der Waals surface area (Å²) in [6.45, 7) is 2.17. The second-order valence-electron chi connectivity index (χ2n) is 5.05. The third-order valence-electron chi connectivity index (χ3n) is 3.78. The van der Waals surface area contributed by atoms with Gasteiger partial charge in [-0.2, -0.15) is 5.10 Å². The molecule has 1 saturated heterocycles. The molecule has 2 aromatic heterocycles. The van der Waals surface area contributed by atoms with Crippen molar-refractivity contribution in [3.8, 4) is 5.69 Å². The van der Waals surface area contributed by atoms with E-state index in [0.29, 0.717) is 0 Å². The third-order valence-corrected chi connectivity index (χ3v) is 3.78. The van der Waals surface area contributed by atoms with Gasteiger partial charge in [-0.3, -0.25) is 0 Å². The first-order valence-electron chi connectivity index (χ1n) is 6.91. The number of aromatic nitrogens is 4. The summed E-state index contributed by atoms with van der Waals surface area (Å²) < 4.78 is 1.81. The summed E-state index contributed by atoms with van der Waals surface area (Å²) in [6.07, 6.45) is 5.78. The van der Waals surface area contributed by atoms with E-state index >= 15 is 0 Å². The Morgan fingerprint density at radius 1 is 1.05 bits per heavy atom. The lowest BCUT2D eigenvalue weighted by molar-refractivity contribution is 0.877. The van der Waals surface area contributed by atoms with Crippen molar-refractivity contribution >= 4 is 16.7 Å². The van der Waals surface area contributed by atoms with Crippen LogP contribution in [0.4, 0.5) is 5.82 Å². The molecule has 0 radical (unpaired) electrons. The maximum Gasteiger partial charge on any atom is 0.138 e. The van der Waals surface area contributed by atoms with E-state index in [4.69, 9.17) is 4.98 Å². The highest BCUT2D eigenvalue weighted by Gasteiger charge is 2.16. The van der Waals surface area contributed by atoms with Crippen molar-refractivity contribution in [2.75, 3.05) is 18.0 Å². The molecule has 0 N–H and O–H groups in total. The van der Waals surface area contributed by atoms with Crippen molar-refractivity contribution in [3.05, 3.63) is 43.0 Å². The lowest BCUT2D eigenvalue weighted by Gasteiger charge is -2.18. The number of nitrogens with zero attached hydrogens (tertiary/aromatic N) is 5. The van der Waals surface area contributed by atoms with Gasteiger partial charge >= 0.3 is 0 Å². The molecular weight excluding hydrogens is 250 g/mol. The molecule has 5 heteroatoms. The number of hydrogen-bond donors (Lipinski definition) is 0. The molecule has 0 atom stereocenters. The smallest absolute Gasteiger partial charge is 0.138 e. The molecule has 3 aromatic rings. The fourth-order valence-corrected chi connectivity index (χ4v) is 2.77. The first kappa shape index (κ1) is 11.4. The standard InChI is InChI=1S/C15H15N5/c1-2-6-13-12(5-1)14(20-11-16-10-17-20)9-15(18-13)19-7-3-4-8-19/h1-2,5-6,9-11H,3-4,7-8H2. The molecule has 3 heterocycles. The van der Waals surface area contributed by atoms with E-state index in [9.17, 15) is 0 Å². The summed E-state index contributed by atoms with van der Waals surface area (Å²) in [6, 6.07) is 10.3. The Kier molecular flexibility index (Phi) is 2.62. The Balaban J connectivity index is 1.94. The number of hydrogen-bond acceptors (Lipinski definition) is 4. The molecule has 1 aliphatic heterocycles. The summed E-state index contributed by atoms with van der Waals surface area (Å²) in [5, 5.41) is 5.36. The monoisotopic (exact) mass is 265 g/mol. The van der Waals surface area contributed by atoms with Crippen LogP contribution in [-0.4, -0.2) is 32.8 Å². The van der Waals surface area contributed by atoms with Gasteiger partial charge in [-0.25, -0.2) is 14.6 Å². The maximum atomic E-state index is 4.79. The average Bonchev–Trinajstić information content (AvgIpc) is 3.19. The Morgan fingerprint density at radius 2 is 1.90 bits per heavy atom. The van der Waals surface area contributed by atoms with Crippen LogP contribution in [0.5, 0.6) is 0 Å². The number of rotatable bonds is 2. The summed E-state index contributed by atoms with van der Waals surface area (Å²) in [4.78, 5) is 11.2. The van der Waals surface area contributed by atoms with Crippen molar-refractivity contribution < 1.29 is 0 Å². The van der Waals surface area contributed by atoms with Crippen LogP contribution in [0.25, 0.3) is 16.6 Å². The van der Waals surface area contributed by atoms with Crippen LogP contribution in [0.2, 0.25) is 0 Å². The number of pyridine rings is 1. The molecule has 0 aliphatic carbocycles. The zero-order valence-corrected chi connectivity index (χ0v) is 11.1. The van der Waals surface area contributed by atoms with Gasteiger partial charge in [0.25, 0.3) is 0 Å². The normalized spacial score (nSPS) is 15.1. The van der Waals surface area contributed by atoms with E-state index in [2.05, 4.69) is 33.2 Å². The molecule has 0 unspecified atom stereocenters. The lowest BCUT2D eigenvalue weighted by Crippen LogP contribution is -2.19. The van der Waals surface area contributed by atoms with Crippen molar-refractivity contribution in [2.45, 2.75) is 12.8 Å². The minimum Gasteiger partial charge on any atom is -0.357 e. The highest BCUT2D eigenvalue weighted by atomic mass is 15.3. The molecule has 0 spiro atoms. The third kappa shape index (κ3) is 1.82. The highest BCUT2D eigenvalue weighted by molar-refractivity contribution is 5.88. The number of para-hydroxylation sites is 1. The number of anilines is 1. The van der Waals surface area contributed by atoms with Crippen molar-refractivity contribution in [1.82, 2.24) is 19.7 Å². The van der Waals surface area contributed by atoms with Gasteiger partial charge in [0.15, 0.2) is 0 Å². The minimum absolute atomic E-state index is 1.00. The van der Waals surface area contributed by atoms with Gasteiger partial charge in [-0.15, -0.1) is 0 Å². The molecule has 0 amide bonds. The Morgan fingerprint density at radius 3 is 2.70 bits per heavy atom. The van der Waals surface area contributed by atoms with Gasteiger partial charge in [-0.1, -0.05) is 18.2 Å². The molecule has 4 rings (SSSR count). The first-order chi connectivity index (χ1) is 9.92. The maximum absolute atomic E-state index is 4.79. The largest absolute Gasteiger partial charge is 0.357 e. The molecule has 0 bridgehead atoms. The Hall–Kier alpha value is -2.43. The van der Waals surface area contributed by atoms with Gasteiger partial charge in [0.2, 0.25) is 0 Å². The summed E-state index contributed by atoms with van der Waals surface area (Å²) in [7, 11) is 0. The van der Waals surface area contributed by atoms with Gasteiger partial charge in [-0.05, 0) is 18.9 Å². The van der Waals surface area contributed by atoms with Crippen LogP contribution in [0, 0.1) is 0 Å². The molecule has 1 fully saturated rings. The van der Waals surface area contributed by atoms with Gasteiger partial charge in [0.1, 0.15) is 18.5 Å². The molecule has 5 nitrogen and oxygen atoms in total. The zero-order chi connectivity index (χ0) is 13.4. The summed E-state index contributed by atoms with van der Waals surface area (Å²) in [5.41, 5.74) is 2.04. The van der Waals surface area contributed by atoms with Gasteiger partial charge in [0, 0.05) is 24.5 Å². The first-order valence-corrected chi connectivity index (χ1v) is 6.91. The van der Waals surface area contributed by atoms with Crippen molar-refractivity contribution in [1.29, 1.82) is 0 Å². The van der Waals surface area contributed by atoms with E-state index in [1.165, 1.54) is 12.8 Å². The molecule has 1 aromatic carbocycles. The van der Waals surface area contributed by atoms with Crippen LogP contribution < -0.4 is 4.90 Å². The quantitative estimate of drug-likeness (QED) is 0.714. The highest BCUT2D eigenvalue weighted by Crippen LogP contribution is 2.27. The topological polar surface area (TPSA) is 46.8 Å². The summed E-state index contributed by atoms with van der Waals surface area (Å²) in [5.74, 6) is 1.03. The Bertz CT molecular complexity index is 729. The van der Waals surface area contributed by atoms with E-state index in [1.807, 2.05) is 16.8 Å². The average molecular weight is 265 g/mol. The molecule has 100 valence electrons. The second-order valence-corrected chi connectivity index (χ2v) is 5.05. The molecule has 0 saturated carbocycles. The lowest BCUT2D eigenvalue weighted by atomic mass is 10.2. The van der Waals surface area contributed by atoms with Gasteiger partial charge in [0.05, 0.1) is 11.2 Å². The fourth-order valence-electron chi connectivity index (χ4n) is 2.77. The van der Waals surface area contributed by atoms with Crippen LogP contribution in [-0.2, 0) is 0 Å². The van der Waals surface area contributed by atoms with E-state index in [1.54, 1.807) is 12.7 Å². The van der Waals surface area contributed by atoms with Crippen LogP contribution in [0.1, 0.15) is 12.8 Å². The number of benzene rings is 1. The van der Waals surface area contributed by atoms with E-state index < -0.39 is 0 Å². The second kappa shape index (κ2) is 4.59. The predicted octanol–water partition coefficient (Wildman–Crippen LogP) is 2.42. The molecular formula is C15H15N5. The van der Waals surface area contributed by atoms with E-state index in [0.717, 1.165) is 35.5 Å². The van der Waals surface area contributed by atoms with Gasteiger partial charge < -0.3 is 4.90 Å². The SMILES string of the molecule is c1ccc2c(-n3cncn3)cc(N3CCCC3)nc2c1. The van der Waals surface area contributed by atoms with E-state index in [-0.39, 0.29) is 0 Å². The molecule has 1 aliphatic rings. The van der Waals surface area contributed by atoms with Crippen LogP contribution in [0.3, 0.4) is 0 Å². The molecule has 20 heavy (non-hydrogen) atoms. The van der Waals surface area contributed by atoms with Crippen molar-refractivity contribution in [3.63, 3.8) is 0 Å². The predicted molar refractivity (Wildman–Crippen MR) is 78.1 cm³/mol. The minimum atomic E-state index is 1.00. The van der Waals surface area contributed by atoms with Crippen molar-refractivity contribution in [2.24, 2.45) is 0 Å². The van der Waals surface area contributed by atoms with Crippen LogP contribution in [0.15, 0.2) is 43.0 Å². The Labute approximate surface area is 116 Å². The summed E-state index contributed by atoms with van der Waals surface area (Å²) >= 11 is 0. The fraction of sp³-hybridized carbons (Fsp3) is 0.267. The van der Waals surface area contributed by atoms with Crippen LogP contribution >= 0.6 is 0 Å². The number of fused-ring (bicyclic) bond motifs is 1. The zero-order valence-electron chi connectivity index (χ0n) is 11.1.